The second-order valence-electron chi connectivity index (χ2n) is 9.34. The minimum Gasteiger partial charge on any atom is -0.380 e. The summed E-state index contributed by atoms with van der Waals surface area (Å²) >= 11 is 0. The van der Waals surface area contributed by atoms with Gasteiger partial charge in [0.2, 0.25) is 0 Å². The molecule has 1 aliphatic heterocycles. The van der Waals surface area contributed by atoms with Crippen molar-refractivity contribution >= 4 is 22.8 Å². The number of likely N-dealkylation sites (tertiary alicyclic amines) is 1. The molecular formula is C29H25F6N3O3. The van der Waals surface area contributed by atoms with Gasteiger partial charge >= 0.3 is 24.3 Å². The maximum absolute atomic E-state index is 11.2. The van der Waals surface area contributed by atoms with Gasteiger partial charge in [0, 0.05) is 42.8 Å². The molecule has 2 aromatic carbocycles. The van der Waals surface area contributed by atoms with Gasteiger partial charge in [-0.05, 0) is 42.7 Å². The van der Waals surface area contributed by atoms with Gasteiger partial charge in [-0.25, -0.2) is 9.59 Å². The SMILES string of the molecule is O=C(OC(=O)C(F)(F)F)C(F)(F)F.c1ccc(CN2CCC(n3c(-c4ccccn4)cc4ccccc43)CC2)cc1. The average molecular weight is 578 g/mol. The summed E-state index contributed by atoms with van der Waals surface area (Å²) in [5, 5.41) is 1.30. The molecule has 0 amide bonds. The molecule has 1 aliphatic rings. The number of para-hydroxylation sites is 1. The van der Waals surface area contributed by atoms with E-state index in [2.05, 4.69) is 92.0 Å². The predicted octanol–water partition coefficient (Wildman–Crippen LogP) is 6.72. The number of pyridine rings is 1. The lowest BCUT2D eigenvalue weighted by molar-refractivity contribution is -0.221. The van der Waals surface area contributed by atoms with E-state index >= 15 is 0 Å². The second kappa shape index (κ2) is 12.5. The van der Waals surface area contributed by atoms with Crippen LogP contribution in [0.3, 0.4) is 0 Å². The first-order chi connectivity index (χ1) is 19.4. The topological polar surface area (TPSA) is 64.4 Å². The molecule has 2 aromatic heterocycles. The number of nitrogens with zero attached hydrogens (tertiary/aromatic N) is 3. The van der Waals surface area contributed by atoms with Crippen LogP contribution < -0.4 is 0 Å². The average Bonchev–Trinajstić information content (AvgIpc) is 3.34. The Morgan fingerprint density at radius 3 is 1.98 bits per heavy atom. The normalized spacial score (nSPS) is 14.8. The summed E-state index contributed by atoms with van der Waals surface area (Å²) in [7, 11) is 0. The zero-order valence-corrected chi connectivity index (χ0v) is 21.5. The van der Waals surface area contributed by atoms with Gasteiger partial charge in [-0.15, -0.1) is 0 Å². The molecule has 3 heterocycles. The van der Waals surface area contributed by atoms with Gasteiger partial charge < -0.3 is 9.30 Å². The number of fused-ring (bicyclic) bond motifs is 1. The van der Waals surface area contributed by atoms with E-state index in [1.54, 1.807) is 0 Å². The zero-order chi connectivity index (χ0) is 29.6. The highest BCUT2D eigenvalue weighted by molar-refractivity contribution is 5.91. The van der Waals surface area contributed by atoms with E-state index in [4.69, 9.17) is 0 Å². The minimum absolute atomic E-state index is 0.518. The highest BCUT2D eigenvalue weighted by atomic mass is 19.4. The molecule has 6 nitrogen and oxygen atoms in total. The molecule has 0 radical (unpaired) electrons. The zero-order valence-electron chi connectivity index (χ0n) is 21.5. The maximum atomic E-state index is 11.2. The predicted molar refractivity (Wildman–Crippen MR) is 138 cm³/mol. The number of carbonyl (C=O) groups excluding carboxylic acids is 2. The van der Waals surface area contributed by atoms with Crippen molar-refractivity contribution in [2.24, 2.45) is 0 Å². The van der Waals surface area contributed by atoms with E-state index in [9.17, 15) is 35.9 Å². The van der Waals surface area contributed by atoms with Gasteiger partial charge in [0.1, 0.15) is 0 Å². The van der Waals surface area contributed by atoms with Crippen molar-refractivity contribution in [3.8, 4) is 11.4 Å². The van der Waals surface area contributed by atoms with E-state index in [-0.39, 0.29) is 0 Å². The fourth-order valence-electron chi connectivity index (χ4n) is 4.66. The van der Waals surface area contributed by atoms with Gasteiger partial charge in [-0.3, -0.25) is 9.88 Å². The summed E-state index contributed by atoms with van der Waals surface area (Å²) in [6.07, 6.45) is -7.02. The third kappa shape index (κ3) is 7.72. The number of aromatic nitrogens is 2. The van der Waals surface area contributed by atoms with Crippen LogP contribution in [-0.2, 0) is 20.9 Å². The van der Waals surface area contributed by atoms with Crippen LogP contribution in [0.5, 0.6) is 0 Å². The van der Waals surface area contributed by atoms with Crippen LogP contribution >= 0.6 is 0 Å². The van der Waals surface area contributed by atoms with Gasteiger partial charge in [0.05, 0.1) is 11.4 Å². The van der Waals surface area contributed by atoms with Crippen LogP contribution in [0.25, 0.3) is 22.3 Å². The van der Waals surface area contributed by atoms with Gasteiger partial charge in [-0.1, -0.05) is 54.6 Å². The van der Waals surface area contributed by atoms with Gasteiger partial charge in [0.15, 0.2) is 0 Å². The fourth-order valence-corrected chi connectivity index (χ4v) is 4.66. The number of benzene rings is 2. The Morgan fingerprint density at radius 1 is 0.805 bits per heavy atom. The number of piperidine rings is 1. The lowest BCUT2D eigenvalue weighted by Gasteiger charge is -2.34. The molecular weight excluding hydrogens is 552 g/mol. The molecule has 0 aliphatic carbocycles. The Kier molecular flexibility index (Phi) is 9.11. The Balaban J connectivity index is 0.000000254. The minimum atomic E-state index is -5.62. The van der Waals surface area contributed by atoms with Crippen LogP contribution in [0.1, 0.15) is 24.4 Å². The Bertz CT molecular complexity index is 1440. The van der Waals surface area contributed by atoms with E-state index in [1.165, 1.54) is 35.0 Å². The van der Waals surface area contributed by atoms with Crippen LogP contribution in [0.2, 0.25) is 0 Å². The van der Waals surface area contributed by atoms with Crippen LogP contribution in [0, 0.1) is 0 Å². The number of esters is 2. The van der Waals surface area contributed by atoms with Gasteiger partial charge in [-0.2, -0.15) is 26.3 Å². The third-order valence-electron chi connectivity index (χ3n) is 6.49. The van der Waals surface area contributed by atoms with E-state index in [0.717, 1.165) is 25.3 Å². The molecule has 41 heavy (non-hydrogen) atoms. The van der Waals surface area contributed by atoms with Crippen molar-refractivity contribution in [3.63, 3.8) is 0 Å². The first kappa shape index (κ1) is 29.8. The summed E-state index contributed by atoms with van der Waals surface area (Å²) < 4.78 is 72.2. The molecule has 12 heteroatoms. The number of rotatable bonds is 4. The van der Waals surface area contributed by atoms with Crippen molar-refractivity contribution in [1.29, 1.82) is 0 Å². The number of ether oxygens (including phenoxy) is 1. The lowest BCUT2D eigenvalue weighted by atomic mass is 10.0. The van der Waals surface area contributed by atoms with Crippen molar-refractivity contribution in [2.45, 2.75) is 37.8 Å². The first-order valence-corrected chi connectivity index (χ1v) is 12.6. The van der Waals surface area contributed by atoms with Crippen LogP contribution in [0.15, 0.2) is 85.1 Å². The number of halogens is 6. The quantitative estimate of drug-likeness (QED) is 0.153. The van der Waals surface area contributed by atoms with Crippen LogP contribution in [0.4, 0.5) is 26.3 Å². The van der Waals surface area contributed by atoms with E-state index in [1.807, 2.05) is 12.3 Å². The molecule has 0 spiro atoms. The monoisotopic (exact) mass is 577 g/mol. The largest absolute Gasteiger partial charge is 0.491 e. The summed E-state index contributed by atoms with van der Waals surface area (Å²) in [6.45, 7) is 3.31. The lowest BCUT2D eigenvalue weighted by Crippen LogP contribution is -2.34. The molecule has 0 bridgehead atoms. The molecule has 216 valence electrons. The number of hydrogen-bond acceptors (Lipinski definition) is 5. The number of alkyl halides is 6. The molecule has 0 unspecified atom stereocenters. The summed E-state index contributed by atoms with van der Waals surface area (Å²) in [5.74, 6) is -6.40. The van der Waals surface area contributed by atoms with Crippen molar-refractivity contribution < 1.29 is 40.7 Å². The van der Waals surface area contributed by atoms with Crippen molar-refractivity contribution in [1.82, 2.24) is 14.5 Å². The van der Waals surface area contributed by atoms with Gasteiger partial charge in [0.25, 0.3) is 0 Å². The number of hydrogen-bond donors (Lipinski definition) is 0. The summed E-state index contributed by atoms with van der Waals surface area (Å²) in [4.78, 5) is 26.5. The molecule has 0 atom stereocenters. The molecule has 1 saturated heterocycles. The number of carbonyl (C=O) groups is 2. The van der Waals surface area contributed by atoms with Crippen molar-refractivity contribution in [2.75, 3.05) is 13.1 Å². The van der Waals surface area contributed by atoms with Crippen molar-refractivity contribution in [3.05, 3.63) is 90.6 Å². The molecule has 5 rings (SSSR count). The Hall–Kier alpha value is -4.19. The smallest absolute Gasteiger partial charge is 0.380 e. The molecule has 4 aromatic rings. The summed E-state index contributed by atoms with van der Waals surface area (Å²) in [5.41, 5.74) is 5.03. The standard InChI is InChI=1S/C25H25N3.C4F6O3/c1-2-8-20(9-3-1)19-27-16-13-22(14-17-27)28-24-12-5-4-10-21(24)18-25(28)23-11-6-7-15-26-23;5-3(6,7)1(11)13-2(12)4(8,9)10/h1-12,15,18,22H,13-14,16-17,19H2;. The molecule has 1 fully saturated rings. The van der Waals surface area contributed by atoms with E-state index in [0.29, 0.717) is 6.04 Å². The Morgan fingerprint density at radius 2 is 1.39 bits per heavy atom. The van der Waals surface area contributed by atoms with Crippen LogP contribution in [-0.4, -0.2) is 51.8 Å². The first-order valence-electron chi connectivity index (χ1n) is 12.6. The second-order valence-corrected chi connectivity index (χ2v) is 9.34. The maximum Gasteiger partial charge on any atom is 0.491 e. The fraction of sp³-hybridized carbons (Fsp3) is 0.276. The highest BCUT2D eigenvalue weighted by Gasteiger charge is 2.49. The highest BCUT2D eigenvalue weighted by Crippen LogP contribution is 2.35. The third-order valence-corrected chi connectivity index (χ3v) is 6.49. The summed E-state index contributed by atoms with van der Waals surface area (Å²) in [6, 6.07) is 28.5. The Labute approximate surface area is 231 Å². The molecule has 0 N–H and O–H groups in total. The van der Waals surface area contributed by atoms with E-state index < -0.39 is 24.3 Å². The molecule has 0 saturated carbocycles.